The molecule has 0 bridgehead atoms. The molecule has 0 saturated heterocycles. The molecule has 0 atom stereocenters. The van der Waals surface area contributed by atoms with Crippen molar-refractivity contribution in [2.75, 3.05) is 18.4 Å². The highest BCUT2D eigenvalue weighted by molar-refractivity contribution is 6.30. The highest BCUT2D eigenvalue weighted by Crippen LogP contribution is 2.36. The van der Waals surface area contributed by atoms with Crippen molar-refractivity contribution in [3.63, 3.8) is 0 Å². The van der Waals surface area contributed by atoms with E-state index in [1.54, 1.807) is 0 Å². The van der Waals surface area contributed by atoms with E-state index in [1.165, 1.54) is 11.6 Å². The van der Waals surface area contributed by atoms with Gasteiger partial charge in [0.2, 0.25) is 5.91 Å². The molecule has 2 rings (SSSR count). The Morgan fingerprint density at radius 2 is 1.77 bits per heavy atom. The van der Waals surface area contributed by atoms with Gasteiger partial charge in [-0.25, -0.2) is 0 Å². The molecule has 0 aliphatic rings. The van der Waals surface area contributed by atoms with E-state index in [9.17, 15) is 18.0 Å². The van der Waals surface area contributed by atoms with E-state index in [0.717, 1.165) is 31.5 Å². The molecule has 26 heavy (non-hydrogen) atoms. The van der Waals surface area contributed by atoms with Crippen LogP contribution in [0.25, 0.3) is 0 Å². The maximum atomic E-state index is 13.0. The highest BCUT2D eigenvalue weighted by atomic mass is 35.5. The number of carbonyl (C=O) groups excluding carboxylic acids is 1. The molecular formula is C19H20ClF3N2O. The van der Waals surface area contributed by atoms with Crippen LogP contribution in [-0.4, -0.2) is 19.0 Å². The first kappa shape index (κ1) is 20.3. The van der Waals surface area contributed by atoms with Crippen LogP contribution in [0.4, 0.5) is 18.9 Å². The summed E-state index contributed by atoms with van der Waals surface area (Å²) in [6.45, 7) is 1.13. The fraction of sp³-hybridized carbons (Fsp3) is 0.316. The van der Waals surface area contributed by atoms with E-state index >= 15 is 0 Å². The number of anilines is 1. The van der Waals surface area contributed by atoms with Crippen molar-refractivity contribution in [1.82, 2.24) is 5.32 Å². The van der Waals surface area contributed by atoms with Crippen molar-refractivity contribution in [2.45, 2.75) is 25.4 Å². The predicted molar refractivity (Wildman–Crippen MR) is 97.3 cm³/mol. The van der Waals surface area contributed by atoms with Crippen LogP contribution in [0.5, 0.6) is 0 Å². The summed E-state index contributed by atoms with van der Waals surface area (Å²) in [5.41, 5.74) is 0.0135. The molecular weight excluding hydrogens is 365 g/mol. The lowest BCUT2D eigenvalue weighted by molar-refractivity contribution is -0.137. The number of hydrogen-bond donors (Lipinski definition) is 2. The first-order valence-corrected chi connectivity index (χ1v) is 8.65. The third kappa shape index (κ3) is 6.69. The Balaban J connectivity index is 1.72. The quantitative estimate of drug-likeness (QED) is 0.635. The second-order valence-electron chi connectivity index (χ2n) is 5.82. The average molecular weight is 385 g/mol. The first-order valence-electron chi connectivity index (χ1n) is 8.27. The molecule has 0 aliphatic carbocycles. The first-order chi connectivity index (χ1) is 12.4. The Hall–Kier alpha value is -2.05. The van der Waals surface area contributed by atoms with Gasteiger partial charge < -0.3 is 10.6 Å². The van der Waals surface area contributed by atoms with Gasteiger partial charge in [0, 0.05) is 18.0 Å². The Morgan fingerprint density at radius 1 is 1.04 bits per heavy atom. The fourth-order valence-corrected chi connectivity index (χ4v) is 2.63. The van der Waals surface area contributed by atoms with E-state index in [1.807, 2.05) is 18.2 Å². The average Bonchev–Trinajstić information content (AvgIpc) is 2.59. The van der Waals surface area contributed by atoms with E-state index in [-0.39, 0.29) is 17.1 Å². The summed E-state index contributed by atoms with van der Waals surface area (Å²) in [5, 5.41) is 5.39. The number of hydrogen-bond acceptors (Lipinski definition) is 2. The van der Waals surface area contributed by atoms with E-state index in [2.05, 4.69) is 22.8 Å². The molecule has 0 spiro atoms. The van der Waals surface area contributed by atoms with Crippen LogP contribution < -0.4 is 10.6 Å². The van der Waals surface area contributed by atoms with Gasteiger partial charge in [0.25, 0.3) is 0 Å². The Bertz CT molecular complexity index is 720. The molecule has 0 radical (unpaired) electrons. The van der Waals surface area contributed by atoms with Gasteiger partial charge in [0.1, 0.15) is 0 Å². The number of amides is 1. The molecule has 0 fully saturated rings. The van der Waals surface area contributed by atoms with E-state index in [0.29, 0.717) is 6.54 Å². The zero-order chi connectivity index (χ0) is 19.0. The summed E-state index contributed by atoms with van der Waals surface area (Å²) >= 11 is 5.61. The van der Waals surface area contributed by atoms with Gasteiger partial charge >= 0.3 is 6.18 Å². The van der Waals surface area contributed by atoms with Gasteiger partial charge in [-0.15, -0.1) is 0 Å². The SMILES string of the molecule is O=C(CCNCCCc1ccccc1)Nc1ccc(Cl)cc1C(F)(F)F. The van der Waals surface area contributed by atoms with Crippen molar-refractivity contribution in [3.05, 3.63) is 64.7 Å². The highest BCUT2D eigenvalue weighted by Gasteiger charge is 2.34. The fourth-order valence-electron chi connectivity index (χ4n) is 2.46. The Kier molecular flexibility index (Phi) is 7.48. The van der Waals surface area contributed by atoms with Gasteiger partial charge in [0.05, 0.1) is 11.3 Å². The van der Waals surface area contributed by atoms with Crippen molar-refractivity contribution >= 4 is 23.2 Å². The van der Waals surface area contributed by atoms with Crippen LogP contribution in [0, 0.1) is 0 Å². The van der Waals surface area contributed by atoms with Crippen LogP contribution in [0.2, 0.25) is 5.02 Å². The molecule has 1 amide bonds. The molecule has 0 heterocycles. The van der Waals surface area contributed by atoms with Crippen LogP contribution in [-0.2, 0) is 17.4 Å². The molecule has 2 aromatic rings. The minimum absolute atomic E-state index is 0.0320. The van der Waals surface area contributed by atoms with Gasteiger partial charge in [-0.1, -0.05) is 41.9 Å². The molecule has 2 N–H and O–H groups in total. The van der Waals surface area contributed by atoms with Crippen molar-refractivity contribution in [3.8, 4) is 0 Å². The molecule has 0 saturated carbocycles. The number of benzene rings is 2. The lowest BCUT2D eigenvalue weighted by Gasteiger charge is -2.14. The molecule has 0 aliphatic heterocycles. The van der Waals surface area contributed by atoms with Gasteiger partial charge in [-0.2, -0.15) is 13.2 Å². The number of alkyl halides is 3. The maximum absolute atomic E-state index is 13.0. The van der Waals surface area contributed by atoms with E-state index in [4.69, 9.17) is 11.6 Å². The van der Waals surface area contributed by atoms with Crippen molar-refractivity contribution < 1.29 is 18.0 Å². The maximum Gasteiger partial charge on any atom is 0.418 e. The topological polar surface area (TPSA) is 41.1 Å². The molecule has 3 nitrogen and oxygen atoms in total. The number of nitrogens with one attached hydrogen (secondary N) is 2. The number of rotatable bonds is 8. The summed E-state index contributed by atoms with van der Waals surface area (Å²) in [6, 6.07) is 13.3. The Labute approximate surface area is 155 Å². The van der Waals surface area contributed by atoms with Crippen molar-refractivity contribution in [1.29, 1.82) is 0 Å². The number of carbonyl (C=O) groups is 1. The van der Waals surface area contributed by atoms with Crippen LogP contribution in [0.15, 0.2) is 48.5 Å². The van der Waals surface area contributed by atoms with Crippen LogP contribution in [0.3, 0.4) is 0 Å². The Morgan fingerprint density at radius 3 is 2.46 bits per heavy atom. The molecule has 7 heteroatoms. The zero-order valence-electron chi connectivity index (χ0n) is 14.1. The third-order valence-corrected chi connectivity index (χ3v) is 3.99. The number of halogens is 4. The van der Waals surface area contributed by atoms with Gasteiger partial charge in [-0.05, 0) is 43.1 Å². The van der Waals surface area contributed by atoms with Crippen LogP contribution >= 0.6 is 11.6 Å². The van der Waals surface area contributed by atoms with Gasteiger partial charge in [-0.3, -0.25) is 4.79 Å². The van der Waals surface area contributed by atoms with Gasteiger partial charge in [0.15, 0.2) is 0 Å². The predicted octanol–water partition coefficient (Wildman–Crippen LogP) is 4.91. The number of aryl methyl sites for hydroxylation is 1. The second kappa shape index (κ2) is 9.59. The second-order valence-corrected chi connectivity index (χ2v) is 6.26. The third-order valence-electron chi connectivity index (χ3n) is 3.75. The monoisotopic (exact) mass is 384 g/mol. The summed E-state index contributed by atoms with van der Waals surface area (Å²) in [7, 11) is 0. The molecule has 0 aromatic heterocycles. The molecule has 0 unspecified atom stereocenters. The van der Waals surface area contributed by atoms with Crippen LogP contribution in [0.1, 0.15) is 24.0 Å². The summed E-state index contributed by atoms with van der Waals surface area (Å²) in [4.78, 5) is 11.9. The minimum Gasteiger partial charge on any atom is -0.325 e. The summed E-state index contributed by atoms with van der Waals surface area (Å²) in [6.07, 6.45) is -2.64. The zero-order valence-corrected chi connectivity index (χ0v) is 14.8. The standard InChI is InChI=1S/C19H20ClF3N2O/c20-15-8-9-17(16(13-15)19(21,22)23)25-18(26)10-12-24-11-4-7-14-5-2-1-3-6-14/h1-3,5-6,8-9,13,24H,4,7,10-12H2,(H,25,26). The minimum atomic E-state index is -4.58. The lowest BCUT2D eigenvalue weighted by Crippen LogP contribution is -2.23. The van der Waals surface area contributed by atoms with Crippen molar-refractivity contribution in [2.24, 2.45) is 0 Å². The summed E-state index contributed by atoms with van der Waals surface area (Å²) < 4.78 is 39.0. The smallest absolute Gasteiger partial charge is 0.325 e. The normalized spacial score (nSPS) is 11.4. The lowest BCUT2D eigenvalue weighted by atomic mass is 10.1. The largest absolute Gasteiger partial charge is 0.418 e. The molecule has 2 aromatic carbocycles. The van der Waals surface area contributed by atoms with E-state index < -0.39 is 17.6 Å². The molecule has 140 valence electrons. The summed E-state index contributed by atoms with van der Waals surface area (Å²) in [5.74, 6) is -0.478.